The van der Waals surface area contributed by atoms with Gasteiger partial charge in [0.25, 0.3) is 0 Å². The minimum atomic E-state index is -3.52. The van der Waals surface area contributed by atoms with Crippen LogP contribution in [0.15, 0.2) is 30.9 Å². The number of benzene rings is 1. The fourth-order valence-corrected chi connectivity index (χ4v) is 3.28. The smallest absolute Gasteiger partial charge is 0.238 e. The Kier molecular flexibility index (Phi) is 5.51. The summed E-state index contributed by atoms with van der Waals surface area (Å²) < 4.78 is 24.5. The van der Waals surface area contributed by atoms with Gasteiger partial charge in [0.2, 0.25) is 5.91 Å². The molecule has 0 bridgehead atoms. The average molecular weight is 295 g/mol. The quantitative estimate of drug-likeness (QED) is 0.815. The van der Waals surface area contributed by atoms with Crippen molar-refractivity contribution in [2.45, 2.75) is 31.8 Å². The standard InChI is InChI=1S/C15H21NO3S/c1-5-6-16-15(17)13(4)20(18,19)10-14-8-11(2)7-12(3)9-14/h5,7-9,13H,1,6,10H2,2-4H3,(H,16,17). The van der Waals surface area contributed by atoms with Gasteiger partial charge in [-0.25, -0.2) is 8.42 Å². The Morgan fingerprint density at radius 3 is 2.35 bits per heavy atom. The molecule has 0 aliphatic rings. The predicted octanol–water partition coefficient (Wildman–Crippen LogP) is 1.91. The van der Waals surface area contributed by atoms with Crippen molar-refractivity contribution < 1.29 is 13.2 Å². The van der Waals surface area contributed by atoms with E-state index in [0.29, 0.717) is 5.56 Å². The van der Waals surface area contributed by atoms with Crippen molar-refractivity contribution >= 4 is 15.7 Å². The van der Waals surface area contributed by atoms with Gasteiger partial charge in [-0.15, -0.1) is 6.58 Å². The summed E-state index contributed by atoms with van der Waals surface area (Å²) in [6, 6.07) is 5.65. The molecular weight excluding hydrogens is 274 g/mol. The van der Waals surface area contributed by atoms with Gasteiger partial charge >= 0.3 is 0 Å². The van der Waals surface area contributed by atoms with Gasteiger partial charge in [-0.1, -0.05) is 35.4 Å². The summed E-state index contributed by atoms with van der Waals surface area (Å²) in [7, 11) is -3.52. The van der Waals surface area contributed by atoms with E-state index in [0.717, 1.165) is 11.1 Å². The largest absolute Gasteiger partial charge is 0.352 e. The van der Waals surface area contributed by atoms with Crippen molar-refractivity contribution in [3.8, 4) is 0 Å². The first-order chi connectivity index (χ1) is 9.26. The molecule has 0 fully saturated rings. The monoisotopic (exact) mass is 295 g/mol. The number of amides is 1. The Morgan fingerprint density at radius 1 is 1.30 bits per heavy atom. The van der Waals surface area contributed by atoms with Crippen LogP contribution in [0.25, 0.3) is 0 Å². The van der Waals surface area contributed by atoms with Gasteiger partial charge in [0, 0.05) is 6.54 Å². The summed E-state index contributed by atoms with van der Waals surface area (Å²) in [5.41, 5.74) is 2.74. The lowest BCUT2D eigenvalue weighted by Gasteiger charge is -2.13. The van der Waals surface area contributed by atoms with Crippen molar-refractivity contribution in [2.75, 3.05) is 6.54 Å². The predicted molar refractivity (Wildman–Crippen MR) is 81.2 cm³/mol. The van der Waals surface area contributed by atoms with Crippen LogP contribution < -0.4 is 5.32 Å². The first-order valence-electron chi connectivity index (χ1n) is 6.43. The van der Waals surface area contributed by atoms with Crippen LogP contribution in [0.2, 0.25) is 0 Å². The van der Waals surface area contributed by atoms with Crippen molar-refractivity contribution in [3.05, 3.63) is 47.5 Å². The Hall–Kier alpha value is -1.62. The van der Waals surface area contributed by atoms with E-state index in [1.165, 1.54) is 13.0 Å². The molecule has 1 rings (SSSR count). The molecule has 4 nitrogen and oxygen atoms in total. The van der Waals surface area contributed by atoms with Crippen LogP contribution in [0.3, 0.4) is 0 Å². The molecule has 1 unspecified atom stereocenters. The van der Waals surface area contributed by atoms with Gasteiger partial charge in [-0.3, -0.25) is 4.79 Å². The van der Waals surface area contributed by atoms with E-state index in [-0.39, 0.29) is 12.3 Å². The highest BCUT2D eigenvalue weighted by molar-refractivity contribution is 7.92. The van der Waals surface area contributed by atoms with Crippen molar-refractivity contribution in [3.63, 3.8) is 0 Å². The van der Waals surface area contributed by atoms with Crippen LogP contribution in [-0.4, -0.2) is 26.1 Å². The molecule has 1 amide bonds. The van der Waals surface area contributed by atoms with E-state index in [1.54, 1.807) is 0 Å². The summed E-state index contributed by atoms with van der Waals surface area (Å²) in [5.74, 6) is -0.618. The zero-order chi connectivity index (χ0) is 15.3. The third-order valence-electron chi connectivity index (χ3n) is 2.98. The van der Waals surface area contributed by atoms with Gasteiger partial charge in [-0.05, 0) is 26.3 Å². The molecule has 5 heteroatoms. The van der Waals surface area contributed by atoms with Crippen LogP contribution in [-0.2, 0) is 20.4 Å². The maximum atomic E-state index is 12.2. The van der Waals surface area contributed by atoms with Gasteiger partial charge in [-0.2, -0.15) is 0 Å². The molecule has 20 heavy (non-hydrogen) atoms. The molecule has 110 valence electrons. The summed E-state index contributed by atoms with van der Waals surface area (Å²) in [4.78, 5) is 11.7. The Bertz CT molecular complexity index is 585. The number of nitrogens with one attached hydrogen (secondary N) is 1. The molecule has 0 aliphatic carbocycles. The lowest BCUT2D eigenvalue weighted by Crippen LogP contribution is -2.38. The van der Waals surface area contributed by atoms with Crippen LogP contribution in [0, 0.1) is 13.8 Å². The minimum Gasteiger partial charge on any atom is -0.352 e. The van der Waals surface area contributed by atoms with E-state index in [1.807, 2.05) is 32.0 Å². The minimum absolute atomic E-state index is 0.127. The van der Waals surface area contributed by atoms with Crippen molar-refractivity contribution in [1.29, 1.82) is 0 Å². The fourth-order valence-electron chi connectivity index (χ4n) is 1.99. The molecule has 1 N–H and O–H groups in total. The maximum absolute atomic E-state index is 12.2. The maximum Gasteiger partial charge on any atom is 0.238 e. The zero-order valence-corrected chi connectivity index (χ0v) is 13.0. The first-order valence-corrected chi connectivity index (χ1v) is 8.15. The average Bonchev–Trinajstić information content (AvgIpc) is 2.33. The molecule has 0 aromatic heterocycles. The molecule has 0 saturated heterocycles. The zero-order valence-electron chi connectivity index (χ0n) is 12.1. The molecule has 0 spiro atoms. The Balaban J connectivity index is 2.88. The van der Waals surface area contributed by atoms with Crippen LogP contribution >= 0.6 is 0 Å². The summed E-state index contributed by atoms with van der Waals surface area (Å²) in [6.07, 6.45) is 1.52. The molecule has 1 aromatic carbocycles. The molecule has 0 saturated carbocycles. The van der Waals surface area contributed by atoms with Gasteiger partial charge in [0.05, 0.1) is 5.75 Å². The fraction of sp³-hybridized carbons (Fsp3) is 0.400. The second-order valence-electron chi connectivity index (χ2n) is 4.98. The van der Waals surface area contributed by atoms with E-state index in [9.17, 15) is 13.2 Å². The number of carbonyl (C=O) groups excluding carboxylic acids is 1. The van der Waals surface area contributed by atoms with Crippen LogP contribution in [0.4, 0.5) is 0 Å². The first kappa shape index (κ1) is 16.4. The number of aryl methyl sites for hydroxylation is 2. The van der Waals surface area contributed by atoms with Crippen LogP contribution in [0.5, 0.6) is 0 Å². The van der Waals surface area contributed by atoms with Gasteiger partial charge in [0.15, 0.2) is 9.84 Å². The van der Waals surface area contributed by atoms with E-state index < -0.39 is 21.0 Å². The number of hydrogen-bond donors (Lipinski definition) is 1. The number of sulfone groups is 1. The van der Waals surface area contributed by atoms with Gasteiger partial charge in [0.1, 0.15) is 5.25 Å². The summed E-state index contributed by atoms with van der Waals surface area (Å²) in [5, 5.41) is 1.44. The Labute approximate surface area is 120 Å². The molecule has 1 aromatic rings. The molecule has 0 heterocycles. The highest BCUT2D eigenvalue weighted by Gasteiger charge is 2.27. The molecule has 0 aliphatic heterocycles. The lowest BCUT2D eigenvalue weighted by atomic mass is 10.1. The van der Waals surface area contributed by atoms with Crippen LogP contribution in [0.1, 0.15) is 23.6 Å². The highest BCUT2D eigenvalue weighted by Crippen LogP contribution is 2.15. The molecule has 1 atom stereocenters. The second-order valence-corrected chi connectivity index (χ2v) is 7.30. The second kappa shape index (κ2) is 6.70. The lowest BCUT2D eigenvalue weighted by molar-refractivity contribution is -0.120. The normalized spacial score (nSPS) is 12.8. The molecular formula is C15H21NO3S. The van der Waals surface area contributed by atoms with E-state index in [4.69, 9.17) is 0 Å². The third kappa shape index (κ3) is 4.49. The number of hydrogen-bond acceptors (Lipinski definition) is 3. The summed E-state index contributed by atoms with van der Waals surface area (Å²) in [6.45, 7) is 9.00. The number of carbonyl (C=O) groups is 1. The highest BCUT2D eigenvalue weighted by atomic mass is 32.2. The topological polar surface area (TPSA) is 63.2 Å². The Morgan fingerprint density at radius 2 is 1.85 bits per heavy atom. The van der Waals surface area contributed by atoms with E-state index >= 15 is 0 Å². The van der Waals surface area contributed by atoms with Crippen molar-refractivity contribution in [1.82, 2.24) is 5.32 Å². The van der Waals surface area contributed by atoms with Gasteiger partial charge < -0.3 is 5.32 Å². The summed E-state index contributed by atoms with van der Waals surface area (Å²) >= 11 is 0. The van der Waals surface area contributed by atoms with Crippen molar-refractivity contribution in [2.24, 2.45) is 0 Å². The number of rotatable bonds is 6. The van der Waals surface area contributed by atoms with E-state index in [2.05, 4.69) is 11.9 Å². The third-order valence-corrected chi connectivity index (χ3v) is 5.00. The molecule has 0 radical (unpaired) electrons. The SMILES string of the molecule is C=CCNC(=O)C(C)S(=O)(=O)Cc1cc(C)cc(C)c1.